The van der Waals surface area contributed by atoms with Gasteiger partial charge >= 0.3 is 0 Å². The van der Waals surface area contributed by atoms with Crippen LogP contribution >= 0.6 is 0 Å². The SMILES string of the molecule is Cc1ccccc1[C@H]1CCCN(c2nc(N)nc3c2CCNC3)C1. The number of fused-ring (bicyclic) bond motifs is 1. The number of benzene rings is 1. The minimum Gasteiger partial charge on any atom is -0.368 e. The Bertz CT molecular complexity index is 743. The van der Waals surface area contributed by atoms with Crippen molar-refractivity contribution in [3.63, 3.8) is 0 Å². The van der Waals surface area contributed by atoms with E-state index in [2.05, 4.69) is 51.4 Å². The summed E-state index contributed by atoms with van der Waals surface area (Å²) in [7, 11) is 0. The van der Waals surface area contributed by atoms with E-state index in [9.17, 15) is 0 Å². The quantitative estimate of drug-likeness (QED) is 0.888. The second-order valence-electron chi connectivity index (χ2n) is 6.90. The van der Waals surface area contributed by atoms with Crippen molar-refractivity contribution in [2.75, 3.05) is 30.3 Å². The van der Waals surface area contributed by atoms with Crippen molar-refractivity contribution in [3.8, 4) is 0 Å². The highest BCUT2D eigenvalue weighted by molar-refractivity contribution is 5.53. The molecule has 1 fully saturated rings. The molecule has 5 heteroatoms. The molecule has 0 unspecified atom stereocenters. The fourth-order valence-corrected chi connectivity index (χ4v) is 4.09. The third kappa shape index (κ3) is 2.84. The molecule has 24 heavy (non-hydrogen) atoms. The van der Waals surface area contributed by atoms with Crippen LogP contribution in [0.15, 0.2) is 24.3 Å². The molecule has 0 aliphatic carbocycles. The minimum absolute atomic E-state index is 0.394. The van der Waals surface area contributed by atoms with Gasteiger partial charge in [0.2, 0.25) is 5.95 Å². The Kier molecular flexibility index (Phi) is 4.10. The molecule has 126 valence electrons. The predicted octanol–water partition coefficient (Wildman–Crippen LogP) is 2.40. The van der Waals surface area contributed by atoms with E-state index in [-0.39, 0.29) is 0 Å². The standard InChI is InChI=1S/C19H25N5/c1-13-5-2-3-7-15(13)14-6-4-10-24(12-14)18-16-8-9-21-11-17(16)22-19(20)23-18/h2-3,5,7,14,21H,4,6,8-12H2,1H3,(H2,20,22,23)/t14-/m0/s1. The Morgan fingerprint density at radius 1 is 1.25 bits per heavy atom. The van der Waals surface area contributed by atoms with E-state index >= 15 is 0 Å². The van der Waals surface area contributed by atoms with Crippen molar-refractivity contribution >= 4 is 11.8 Å². The van der Waals surface area contributed by atoms with E-state index in [0.29, 0.717) is 11.9 Å². The molecule has 3 N–H and O–H groups in total. The molecule has 5 nitrogen and oxygen atoms in total. The van der Waals surface area contributed by atoms with Gasteiger partial charge in [0.05, 0.1) is 5.69 Å². The number of aryl methyl sites for hydroxylation is 1. The summed E-state index contributed by atoms with van der Waals surface area (Å²) in [5.41, 5.74) is 11.2. The summed E-state index contributed by atoms with van der Waals surface area (Å²) in [6.45, 7) is 6.07. The van der Waals surface area contributed by atoms with E-state index in [1.54, 1.807) is 0 Å². The third-order valence-corrected chi connectivity index (χ3v) is 5.28. The van der Waals surface area contributed by atoms with Gasteiger partial charge in [0.15, 0.2) is 0 Å². The molecule has 0 amide bonds. The number of piperidine rings is 1. The molecular weight excluding hydrogens is 298 g/mol. The first-order valence-corrected chi connectivity index (χ1v) is 8.89. The van der Waals surface area contributed by atoms with E-state index in [1.807, 2.05) is 0 Å². The molecule has 4 rings (SSSR count). The molecule has 1 aromatic carbocycles. The first-order chi connectivity index (χ1) is 11.7. The highest BCUT2D eigenvalue weighted by Crippen LogP contribution is 2.33. The van der Waals surface area contributed by atoms with E-state index in [1.165, 1.54) is 29.5 Å². The largest absolute Gasteiger partial charge is 0.368 e. The van der Waals surface area contributed by atoms with Crippen LogP contribution in [0.5, 0.6) is 0 Å². The lowest BCUT2D eigenvalue weighted by Gasteiger charge is -2.36. The maximum absolute atomic E-state index is 5.98. The molecule has 1 aromatic heterocycles. The van der Waals surface area contributed by atoms with Crippen LogP contribution in [0.3, 0.4) is 0 Å². The van der Waals surface area contributed by atoms with Gasteiger partial charge in [-0.3, -0.25) is 0 Å². The smallest absolute Gasteiger partial charge is 0.222 e. The van der Waals surface area contributed by atoms with Gasteiger partial charge in [0, 0.05) is 31.1 Å². The van der Waals surface area contributed by atoms with Crippen LogP contribution in [0.4, 0.5) is 11.8 Å². The van der Waals surface area contributed by atoms with E-state index in [4.69, 9.17) is 5.73 Å². The molecule has 0 spiro atoms. The topological polar surface area (TPSA) is 67.1 Å². The third-order valence-electron chi connectivity index (χ3n) is 5.28. The Labute approximate surface area is 143 Å². The van der Waals surface area contributed by atoms with E-state index in [0.717, 1.165) is 44.1 Å². The van der Waals surface area contributed by atoms with Gasteiger partial charge in [0.1, 0.15) is 5.82 Å². The molecule has 1 saturated heterocycles. The average Bonchev–Trinajstić information content (AvgIpc) is 2.61. The van der Waals surface area contributed by atoms with Crippen molar-refractivity contribution < 1.29 is 0 Å². The van der Waals surface area contributed by atoms with Crippen molar-refractivity contribution in [1.82, 2.24) is 15.3 Å². The number of hydrogen-bond donors (Lipinski definition) is 2. The van der Waals surface area contributed by atoms with Crippen LogP contribution in [-0.2, 0) is 13.0 Å². The molecule has 0 bridgehead atoms. The maximum Gasteiger partial charge on any atom is 0.222 e. The fraction of sp³-hybridized carbons (Fsp3) is 0.474. The Balaban J connectivity index is 1.65. The lowest BCUT2D eigenvalue weighted by Crippen LogP contribution is -2.37. The zero-order valence-corrected chi connectivity index (χ0v) is 14.3. The summed E-state index contributed by atoms with van der Waals surface area (Å²) < 4.78 is 0. The van der Waals surface area contributed by atoms with Crippen LogP contribution in [0.25, 0.3) is 0 Å². The summed E-state index contributed by atoms with van der Waals surface area (Å²) in [5, 5.41) is 3.38. The number of nitrogens with two attached hydrogens (primary N) is 1. The Morgan fingerprint density at radius 3 is 3.00 bits per heavy atom. The summed E-state index contributed by atoms with van der Waals surface area (Å²) in [6.07, 6.45) is 3.41. The number of anilines is 2. The van der Waals surface area contributed by atoms with Gasteiger partial charge in [-0.05, 0) is 43.9 Å². The van der Waals surface area contributed by atoms with Gasteiger partial charge in [-0.25, -0.2) is 4.98 Å². The minimum atomic E-state index is 0.394. The summed E-state index contributed by atoms with van der Waals surface area (Å²) in [6, 6.07) is 8.76. The lowest BCUT2D eigenvalue weighted by atomic mass is 9.87. The van der Waals surface area contributed by atoms with Gasteiger partial charge in [-0.15, -0.1) is 0 Å². The summed E-state index contributed by atoms with van der Waals surface area (Å²) in [4.78, 5) is 11.5. The first-order valence-electron chi connectivity index (χ1n) is 8.89. The Hall–Kier alpha value is -2.14. The first kappa shape index (κ1) is 15.4. The van der Waals surface area contributed by atoms with Crippen molar-refractivity contribution in [3.05, 3.63) is 46.6 Å². The number of nitrogen functional groups attached to an aromatic ring is 1. The van der Waals surface area contributed by atoms with Crippen molar-refractivity contribution in [2.45, 2.75) is 38.6 Å². The Morgan fingerprint density at radius 2 is 2.12 bits per heavy atom. The van der Waals surface area contributed by atoms with Gasteiger partial charge in [-0.2, -0.15) is 4.98 Å². The fourth-order valence-electron chi connectivity index (χ4n) is 4.09. The van der Waals surface area contributed by atoms with Crippen LogP contribution in [-0.4, -0.2) is 29.6 Å². The average molecular weight is 323 g/mol. The summed E-state index contributed by atoms with van der Waals surface area (Å²) in [5.74, 6) is 2.02. The molecule has 1 atom stereocenters. The molecule has 2 aliphatic rings. The molecular formula is C19H25N5. The predicted molar refractivity (Wildman–Crippen MR) is 97.2 cm³/mol. The molecule has 2 aromatic rings. The molecule has 0 radical (unpaired) electrons. The maximum atomic E-state index is 5.98. The highest BCUT2D eigenvalue weighted by atomic mass is 15.2. The second-order valence-corrected chi connectivity index (χ2v) is 6.90. The second kappa shape index (κ2) is 6.40. The highest BCUT2D eigenvalue weighted by Gasteiger charge is 2.27. The number of nitrogens with zero attached hydrogens (tertiary/aromatic N) is 3. The zero-order chi connectivity index (χ0) is 16.5. The molecule has 2 aliphatic heterocycles. The van der Waals surface area contributed by atoms with Gasteiger partial charge in [0.25, 0.3) is 0 Å². The molecule has 3 heterocycles. The van der Waals surface area contributed by atoms with E-state index < -0.39 is 0 Å². The normalized spacial score (nSPS) is 20.7. The number of aromatic nitrogens is 2. The van der Waals surface area contributed by atoms with Crippen molar-refractivity contribution in [2.24, 2.45) is 0 Å². The van der Waals surface area contributed by atoms with Crippen LogP contribution in [0.2, 0.25) is 0 Å². The zero-order valence-electron chi connectivity index (χ0n) is 14.3. The molecule has 0 saturated carbocycles. The van der Waals surface area contributed by atoms with Gasteiger partial charge in [-0.1, -0.05) is 24.3 Å². The van der Waals surface area contributed by atoms with Gasteiger partial charge < -0.3 is 16.0 Å². The monoisotopic (exact) mass is 323 g/mol. The summed E-state index contributed by atoms with van der Waals surface area (Å²) >= 11 is 0. The number of hydrogen-bond acceptors (Lipinski definition) is 5. The van der Waals surface area contributed by atoms with Crippen LogP contribution in [0, 0.1) is 6.92 Å². The van der Waals surface area contributed by atoms with Crippen molar-refractivity contribution in [1.29, 1.82) is 0 Å². The number of nitrogens with one attached hydrogen (secondary N) is 1. The van der Waals surface area contributed by atoms with Crippen LogP contribution < -0.4 is 16.0 Å². The van der Waals surface area contributed by atoms with Crippen LogP contribution in [0.1, 0.15) is 41.1 Å². The lowest BCUT2D eigenvalue weighted by molar-refractivity contribution is 0.502. The number of rotatable bonds is 2.